The highest BCUT2D eigenvalue weighted by molar-refractivity contribution is 5.83. The van der Waals surface area contributed by atoms with E-state index >= 15 is 0 Å². The molecule has 0 aliphatic rings. The van der Waals surface area contributed by atoms with E-state index < -0.39 is 22.2 Å². The van der Waals surface area contributed by atoms with E-state index in [0.29, 0.717) is 9.03 Å². The highest BCUT2D eigenvalue weighted by atomic mass is 16.2. The van der Waals surface area contributed by atoms with Gasteiger partial charge >= 0.3 is 0 Å². The van der Waals surface area contributed by atoms with Gasteiger partial charge in [-0.1, -0.05) is 24.3 Å². The van der Waals surface area contributed by atoms with Crippen LogP contribution in [-0.2, 0) is 0 Å². The van der Waals surface area contributed by atoms with Crippen molar-refractivity contribution in [3.8, 4) is 0 Å². The smallest absolute Gasteiger partial charge is 0.267 e. The number of aromatic nitrogens is 2. The summed E-state index contributed by atoms with van der Waals surface area (Å²) in [5.41, 5.74) is -2.71. The third-order valence-electron chi connectivity index (χ3n) is 3.75. The van der Waals surface area contributed by atoms with Gasteiger partial charge in [0.05, 0.1) is 21.5 Å². The molecule has 0 radical (unpaired) electrons. The molecule has 2 aromatic carbocycles. The molecule has 4 rings (SSSR count). The van der Waals surface area contributed by atoms with Gasteiger partial charge in [0, 0.05) is 0 Å². The Hall–Kier alpha value is -3.28. The van der Waals surface area contributed by atoms with Crippen LogP contribution in [0.2, 0.25) is 0 Å². The van der Waals surface area contributed by atoms with Crippen LogP contribution in [0.4, 0.5) is 0 Å². The molecule has 0 fully saturated rings. The number of hydrogen-bond donors (Lipinski definition) is 0. The van der Waals surface area contributed by atoms with Gasteiger partial charge in [0.15, 0.2) is 0 Å². The molecule has 0 atom stereocenters. The molecule has 2 aromatic heterocycles. The zero-order valence-electron chi connectivity index (χ0n) is 11.1. The summed E-state index contributed by atoms with van der Waals surface area (Å²) in [4.78, 5) is 50.1. The summed E-state index contributed by atoms with van der Waals surface area (Å²) in [6, 6.07) is 12.3. The summed E-state index contributed by atoms with van der Waals surface area (Å²) in [7, 11) is 0. The lowest BCUT2D eigenvalue weighted by atomic mass is 10.2. The SMILES string of the molecule is O=c1c2ccccc2c(=O)n2c(=O)c3ccccc3c(=O)n12. The first kappa shape index (κ1) is 12.5. The van der Waals surface area contributed by atoms with E-state index in [1.54, 1.807) is 24.3 Å². The van der Waals surface area contributed by atoms with E-state index in [-0.39, 0.29) is 21.5 Å². The molecule has 6 nitrogen and oxygen atoms in total. The molecule has 2 heterocycles. The fourth-order valence-electron chi connectivity index (χ4n) is 2.72. The van der Waals surface area contributed by atoms with Crippen LogP contribution in [0.15, 0.2) is 67.7 Å². The van der Waals surface area contributed by atoms with Gasteiger partial charge in [-0.05, 0) is 24.3 Å². The number of nitrogens with zero attached hydrogens (tertiary/aromatic N) is 2. The summed E-state index contributed by atoms with van der Waals surface area (Å²) in [6.45, 7) is 0. The fourth-order valence-corrected chi connectivity index (χ4v) is 2.72. The lowest BCUT2D eigenvalue weighted by molar-refractivity contribution is 0.707. The molecule has 0 N–H and O–H groups in total. The van der Waals surface area contributed by atoms with E-state index in [2.05, 4.69) is 0 Å². The third kappa shape index (κ3) is 1.38. The zero-order chi connectivity index (χ0) is 15.4. The fraction of sp³-hybridized carbons (Fsp3) is 0. The van der Waals surface area contributed by atoms with Crippen molar-refractivity contribution in [3.05, 3.63) is 89.9 Å². The minimum absolute atomic E-state index is 0.115. The molecule has 0 saturated heterocycles. The molecule has 0 amide bonds. The van der Waals surface area contributed by atoms with Crippen molar-refractivity contribution in [2.45, 2.75) is 0 Å². The molecular weight excluding hydrogens is 284 g/mol. The Balaban J connectivity index is 2.56. The Kier molecular flexibility index (Phi) is 2.33. The van der Waals surface area contributed by atoms with E-state index in [9.17, 15) is 19.2 Å². The van der Waals surface area contributed by atoms with Gasteiger partial charge in [0.2, 0.25) is 0 Å². The highest BCUT2D eigenvalue weighted by Crippen LogP contribution is 2.05. The van der Waals surface area contributed by atoms with Gasteiger partial charge in [0.25, 0.3) is 22.2 Å². The van der Waals surface area contributed by atoms with Crippen LogP contribution in [0.25, 0.3) is 21.5 Å². The quantitative estimate of drug-likeness (QED) is 0.435. The first-order valence-corrected chi connectivity index (χ1v) is 6.57. The van der Waals surface area contributed by atoms with Gasteiger partial charge in [-0.25, -0.2) is 0 Å². The lowest BCUT2D eigenvalue weighted by Gasteiger charge is -2.05. The maximum absolute atomic E-state index is 12.5. The molecule has 0 aliphatic carbocycles. The first-order valence-electron chi connectivity index (χ1n) is 6.57. The van der Waals surface area contributed by atoms with E-state index in [4.69, 9.17) is 0 Å². The number of hydrogen-bond acceptors (Lipinski definition) is 4. The number of fused-ring (bicyclic) bond motifs is 3. The molecule has 22 heavy (non-hydrogen) atoms. The average Bonchev–Trinajstić information content (AvgIpc) is 2.56. The molecule has 0 unspecified atom stereocenters. The number of benzene rings is 2. The standard InChI is InChI=1S/C16H8N2O4/c19-13-9-5-1-2-6-10(9)14(20)18-16(22)12-8-4-3-7-11(12)15(21)17(13)18/h1-8H. The summed E-state index contributed by atoms with van der Waals surface area (Å²) < 4.78 is 1.24. The average molecular weight is 292 g/mol. The van der Waals surface area contributed by atoms with E-state index in [1.807, 2.05) is 0 Å². The van der Waals surface area contributed by atoms with Gasteiger partial charge in [0.1, 0.15) is 0 Å². The Bertz CT molecular complexity index is 1100. The van der Waals surface area contributed by atoms with Crippen molar-refractivity contribution in [3.63, 3.8) is 0 Å². The Labute approximate surface area is 121 Å². The summed E-state index contributed by atoms with van der Waals surface area (Å²) in [5.74, 6) is 0. The van der Waals surface area contributed by atoms with Crippen LogP contribution in [0.5, 0.6) is 0 Å². The molecule has 6 heteroatoms. The first-order chi connectivity index (χ1) is 10.6. The topological polar surface area (TPSA) is 77.1 Å². The van der Waals surface area contributed by atoms with Crippen LogP contribution in [0.3, 0.4) is 0 Å². The van der Waals surface area contributed by atoms with E-state index in [0.717, 1.165) is 0 Å². The van der Waals surface area contributed by atoms with Crippen LogP contribution in [0.1, 0.15) is 0 Å². The van der Waals surface area contributed by atoms with Crippen molar-refractivity contribution in [1.82, 2.24) is 9.03 Å². The summed E-state index contributed by atoms with van der Waals surface area (Å²) >= 11 is 0. The predicted octanol–water partition coefficient (Wildman–Crippen LogP) is 0.224. The lowest BCUT2D eigenvalue weighted by Crippen LogP contribution is -2.44. The van der Waals surface area contributed by atoms with Crippen LogP contribution in [0, 0.1) is 0 Å². The highest BCUT2D eigenvalue weighted by Gasteiger charge is 2.15. The predicted molar refractivity (Wildman–Crippen MR) is 82.1 cm³/mol. The summed E-state index contributed by atoms with van der Waals surface area (Å²) in [5, 5.41) is 0.460. The summed E-state index contributed by atoms with van der Waals surface area (Å²) in [6.07, 6.45) is 0. The van der Waals surface area contributed by atoms with E-state index in [1.165, 1.54) is 24.3 Å². The maximum Gasteiger partial charge on any atom is 0.281 e. The van der Waals surface area contributed by atoms with Gasteiger partial charge in [-0.3, -0.25) is 19.2 Å². The van der Waals surface area contributed by atoms with Crippen LogP contribution < -0.4 is 22.2 Å². The zero-order valence-corrected chi connectivity index (χ0v) is 11.1. The van der Waals surface area contributed by atoms with Crippen LogP contribution >= 0.6 is 0 Å². The second-order valence-electron chi connectivity index (χ2n) is 4.94. The van der Waals surface area contributed by atoms with Crippen molar-refractivity contribution in [2.24, 2.45) is 0 Å². The molecular formula is C16H8N2O4. The molecule has 0 aliphatic heterocycles. The third-order valence-corrected chi connectivity index (χ3v) is 3.75. The Morgan fingerprint density at radius 3 is 0.909 bits per heavy atom. The van der Waals surface area contributed by atoms with Crippen LogP contribution in [-0.4, -0.2) is 9.03 Å². The van der Waals surface area contributed by atoms with Gasteiger partial charge in [-0.15, -0.1) is 0 Å². The van der Waals surface area contributed by atoms with Crippen molar-refractivity contribution in [1.29, 1.82) is 0 Å². The second-order valence-corrected chi connectivity index (χ2v) is 4.94. The minimum Gasteiger partial charge on any atom is -0.267 e. The van der Waals surface area contributed by atoms with Crippen molar-refractivity contribution < 1.29 is 0 Å². The molecule has 4 aromatic rings. The minimum atomic E-state index is -0.678. The van der Waals surface area contributed by atoms with Gasteiger partial charge < -0.3 is 0 Å². The molecule has 0 bridgehead atoms. The largest absolute Gasteiger partial charge is 0.281 e. The maximum atomic E-state index is 12.5. The normalized spacial score (nSPS) is 11.5. The van der Waals surface area contributed by atoms with Crippen molar-refractivity contribution >= 4 is 21.5 Å². The second kappa shape index (κ2) is 4.11. The molecule has 0 spiro atoms. The Morgan fingerprint density at radius 2 is 0.682 bits per heavy atom. The number of rotatable bonds is 0. The monoisotopic (exact) mass is 292 g/mol. The van der Waals surface area contributed by atoms with Crippen molar-refractivity contribution in [2.75, 3.05) is 0 Å². The molecule has 106 valence electrons. The molecule has 0 saturated carbocycles. The van der Waals surface area contributed by atoms with Gasteiger partial charge in [-0.2, -0.15) is 9.03 Å². The Morgan fingerprint density at radius 1 is 0.455 bits per heavy atom.